The molecular formula is C17H22O2. The molecule has 0 saturated heterocycles. The third-order valence-corrected chi connectivity index (χ3v) is 5.73. The van der Waals surface area contributed by atoms with E-state index >= 15 is 0 Å². The van der Waals surface area contributed by atoms with Crippen LogP contribution in [0, 0.1) is 11.8 Å². The molecule has 2 heteroatoms. The highest BCUT2D eigenvalue weighted by Crippen LogP contribution is 2.62. The second kappa shape index (κ2) is 3.76. The van der Waals surface area contributed by atoms with E-state index in [0.29, 0.717) is 0 Å². The average Bonchev–Trinajstić information content (AvgIpc) is 2.36. The quantitative estimate of drug-likeness (QED) is 0.882. The van der Waals surface area contributed by atoms with Crippen LogP contribution in [0.1, 0.15) is 44.1 Å². The Balaban J connectivity index is 1.72. The Morgan fingerprint density at radius 2 is 1.68 bits per heavy atom. The van der Waals surface area contributed by atoms with Crippen LogP contribution in [0.25, 0.3) is 0 Å². The van der Waals surface area contributed by atoms with Crippen LogP contribution < -0.4 is 4.74 Å². The largest absolute Gasteiger partial charge is 0.497 e. The molecule has 0 spiro atoms. The molecule has 2 nitrogen and oxygen atoms in total. The highest BCUT2D eigenvalue weighted by molar-refractivity contribution is 5.35. The Labute approximate surface area is 114 Å². The maximum Gasteiger partial charge on any atom is 0.118 e. The zero-order valence-electron chi connectivity index (χ0n) is 11.6. The first-order valence-corrected chi connectivity index (χ1v) is 7.48. The molecule has 0 heterocycles. The van der Waals surface area contributed by atoms with Gasteiger partial charge < -0.3 is 9.84 Å². The number of ether oxygens (including phenoxy) is 1. The Kier molecular flexibility index (Phi) is 2.33. The minimum atomic E-state index is -0.371. The summed E-state index contributed by atoms with van der Waals surface area (Å²) >= 11 is 0. The fraction of sp³-hybridized carbons (Fsp3) is 0.647. The number of hydrogen-bond donors (Lipinski definition) is 1. The van der Waals surface area contributed by atoms with E-state index in [4.69, 9.17) is 4.74 Å². The van der Waals surface area contributed by atoms with Crippen molar-refractivity contribution in [3.63, 3.8) is 0 Å². The maximum atomic E-state index is 10.8. The van der Waals surface area contributed by atoms with E-state index in [-0.39, 0.29) is 11.0 Å². The van der Waals surface area contributed by atoms with Crippen LogP contribution in [-0.4, -0.2) is 17.8 Å². The lowest BCUT2D eigenvalue weighted by atomic mass is 9.46. The fourth-order valence-electron chi connectivity index (χ4n) is 5.50. The van der Waals surface area contributed by atoms with Gasteiger partial charge in [-0.15, -0.1) is 0 Å². The number of hydrogen-bond acceptors (Lipinski definition) is 2. The highest BCUT2D eigenvalue weighted by Gasteiger charge is 2.57. The van der Waals surface area contributed by atoms with Gasteiger partial charge in [0, 0.05) is 0 Å². The summed E-state index contributed by atoms with van der Waals surface area (Å²) in [5.41, 5.74) is 1.29. The Morgan fingerprint density at radius 3 is 2.21 bits per heavy atom. The van der Waals surface area contributed by atoms with Crippen LogP contribution >= 0.6 is 0 Å². The van der Waals surface area contributed by atoms with Crippen molar-refractivity contribution in [3.8, 4) is 5.75 Å². The van der Waals surface area contributed by atoms with Crippen molar-refractivity contribution in [1.29, 1.82) is 0 Å². The lowest BCUT2D eigenvalue weighted by Gasteiger charge is -2.60. The molecule has 19 heavy (non-hydrogen) atoms. The third kappa shape index (κ3) is 1.73. The predicted molar refractivity (Wildman–Crippen MR) is 74.3 cm³/mol. The molecule has 1 aromatic carbocycles. The zero-order chi connectivity index (χ0) is 13.1. The van der Waals surface area contributed by atoms with Gasteiger partial charge in [0.15, 0.2) is 0 Å². The molecule has 4 saturated carbocycles. The summed E-state index contributed by atoms with van der Waals surface area (Å²) in [7, 11) is 1.71. The van der Waals surface area contributed by atoms with Gasteiger partial charge in [-0.05, 0) is 73.5 Å². The van der Waals surface area contributed by atoms with Gasteiger partial charge in [-0.2, -0.15) is 0 Å². The van der Waals surface area contributed by atoms with Gasteiger partial charge in [0.2, 0.25) is 0 Å². The van der Waals surface area contributed by atoms with Crippen molar-refractivity contribution in [2.45, 2.75) is 49.5 Å². The highest BCUT2D eigenvalue weighted by atomic mass is 16.5. The summed E-state index contributed by atoms with van der Waals surface area (Å²) in [6, 6.07) is 8.57. The summed E-state index contributed by atoms with van der Waals surface area (Å²) in [5, 5.41) is 10.8. The molecule has 4 aliphatic rings. The maximum absolute atomic E-state index is 10.8. The minimum absolute atomic E-state index is 0.241. The van der Waals surface area contributed by atoms with Gasteiger partial charge in [0.25, 0.3) is 0 Å². The molecule has 1 aromatic rings. The molecular weight excluding hydrogens is 236 g/mol. The Morgan fingerprint density at radius 1 is 1.05 bits per heavy atom. The lowest BCUT2D eigenvalue weighted by molar-refractivity contribution is -0.137. The number of aliphatic hydroxyl groups is 1. The monoisotopic (exact) mass is 258 g/mol. The van der Waals surface area contributed by atoms with E-state index in [0.717, 1.165) is 36.8 Å². The van der Waals surface area contributed by atoms with Gasteiger partial charge >= 0.3 is 0 Å². The summed E-state index contributed by atoms with van der Waals surface area (Å²) < 4.78 is 5.26. The predicted octanol–water partition coefficient (Wildman–Crippen LogP) is 3.28. The van der Waals surface area contributed by atoms with E-state index in [9.17, 15) is 5.11 Å². The summed E-state index contributed by atoms with van der Waals surface area (Å²) in [6.07, 6.45) is 6.96. The van der Waals surface area contributed by atoms with Gasteiger partial charge in [0.1, 0.15) is 5.75 Å². The van der Waals surface area contributed by atoms with Crippen molar-refractivity contribution in [3.05, 3.63) is 29.8 Å². The van der Waals surface area contributed by atoms with Crippen LogP contribution in [-0.2, 0) is 5.41 Å². The number of methoxy groups -OCH3 is 1. The van der Waals surface area contributed by atoms with Crippen molar-refractivity contribution >= 4 is 0 Å². The smallest absolute Gasteiger partial charge is 0.118 e. The summed E-state index contributed by atoms with van der Waals surface area (Å²) in [4.78, 5) is 0. The van der Waals surface area contributed by atoms with Crippen molar-refractivity contribution < 1.29 is 9.84 Å². The first-order chi connectivity index (χ1) is 9.11. The molecule has 4 fully saturated rings. The topological polar surface area (TPSA) is 29.5 Å². The van der Waals surface area contributed by atoms with E-state index in [1.165, 1.54) is 24.8 Å². The van der Waals surface area contributed by atoms with Crippen LogP contribution in [0.4, 0.5) is 0 Å². The molecule has 0 amide bonds. The molecule has 0 aliphatic heterocycles. The van der Waals surface area contributed by atoms with Crippen LogP contribution in [0.2, 0.25) is 0 Å². The second-order valence-electron chi connectivity index (χ2n) is 7.19. The minimum Gasteiger partial charge on any atom is -0.497 e. The average molecular weight is 258 g/mol. The van der Waals surface area contributed by atoms with Crippen molar-refractivity contribution in [2.24, 2.45) is 11.8 Å². The summed E-state index contributed by atoms with van der Waals surface area (Å²) in [5.74, 6) is 2.41. The number of rotatable bonds is 2. The SMILES string of the molecule is COc1ccc(C23C[C@H]4C[C@@H](CC(O)(C4)C2)C3)cc1. The summed E-state index contributed by atoms with van der Waals surface area (Å²) in [6.45, 7) is 0. The van der Waals surface area contributed by atoms with E-state index in [1.807, 2.05) is 0 Å². The molecule has 5 rings (SSSR count). The molecule has 1 N–H and O–H groups in total. The molecule has 2 atom stereocenters. The molecule has 0 radical (unpaired) electrons. The molecule has 0 aromatic heterocycles. The van der Waals surface area contributed by atoms with Crippen molar-refractivity contribution in [1.82, 2.24) is 0 Å². The Bertz CT molecular complexity index is 476. The van der Waals surface area contributed by atoms with Gasteiger partial charge in [-0.25, -0.2) is 0 Å². The zero-order valence-corrected chi connectivity index (χ0v) is 11.6. The third-order valence-electron chi connectivity index (χ3n) is 5.73. The van der Waals surface area contributed by atoms with Gasteiger partial charge in [-0.3, -0.25) is 0 Å². The lowest BCUT2D eigenvalue weighted by Crippen LogP contribution is -2.57. The number of benzene rings is 1. The first kappa shape index (κ1) is 11.8. The van der Waals surface area contributed by atoms with E-state index in [2.05, 4.69) is 24.3 Å². The Hall–Kier alpha value is -1.02. The van der Waals surface area contributed by atoms with Gasteiger partial charge in [-0.1, -0.05) is 12.1 Å². The normalized spacial score (nSPS) is 43.5. The van der Waals surface area contributed by atoms with Crippen LogP contribution in [0.15, 0.2) is 24.3 Å². The van der Waals surface area contributed by atoms with Crippen LogP contribution in [0.5, 0.6) is 5.75 Å². The van der Waals surface area contributed by atoms with Crippen molar-refractivity contribution in [2.75, 3.05) is 7.11 Å². The standard InChI is InChI=1S/C17H22O2/c1-19-15-4-2-14(3-5-15)16-7-12-6-13(8-16)10-17(18,9-12)11-16/h2-5,12-13,18H,6-11H2,1H3/t12-,13-,16?,17?/m1/s1. The van der Waals surface area contributed by atoms with E-state index < -0.39 is 0 Å². The molecule has 4 aliphatic carbocycles. The molecule has 102 valence electrons. The fourth-order valence-corrected chi connectivity index (χ4v) is 5.50. The van der Waals surface area contributed by atoms with Gasteiger partial charge in [0.05, 0.1) is 12.7 Å². The van der Waals surface area contributed by atoms with Crippen LogP contribution in [0.3, 0.4) is 0 Å². The first-order valence-electron chi connectivity index (χ1n) is 7.48. The second-order valence-corrected chi connectivity index (χ2v) is 7.19. The molecule has 4 bridgehead atoms. The molecule has 0 unspecified atom stereocenters. The van der Waals surface area contributed by atoms with E-state index in [1.54, 1.807) is 7.11 Å².